The molecule has 1 aliphatic heterocycles. The van der Waals surface area contributed by atoms with Crippen LogP contribution in [0.4, 0.5) is 0 Å². The Hall–Kier alpha value is -2.41. The number of benzene rings is 1. The van der Waals surface area contributed by atoms with Crippen molar-refractivity contribution in [2.24, 2.45) is 10.9 Å². The number of guanidine groups is 1. The van der Waals surface area contributed by atoms with E-state index < -0.39 is 0 Å². The molecule has 1 aliphatic rings. The van der Waals surface area contributed by atoms with E-state index in [9.17, 15) is 0 Å². The molecule has 1 aromatic carbocycles. The van der Waals surface area contributed by atoms with Crippen LogP contribution in [0.1, 0.15) is 18.9 Å². The molecule has 7 nitrogen and oxygen atoms in total. The standard InChI is InChI=1S/C18H26N6O/c1-3-19-18(24-8-7-15(11-24)12-25-2)20-10-14-5-4-6-16(9-14)17-21-13-22-23-17/h4-6,9,13,15H,3,7-8,10-12H2,1-2H3,(H,19,20)(H,21,22,23). The van der Waals surface area contributed by atoms with Gasteiger partial charge < -0.3 is 15.0 Å². The van der Waals surface area contributed by atoms with E-state index in [2.05, 4.69) is 44.5 Å². The molecule has 0 aliphatic carbocycles. The number of aliphatic imine (C=N–C) groups is 1. The minimum Gasteiger partial charge on any atom is -0.384 e. The van der Waals surface area contributed by atoms with Gasteiger partial charge in [-0.05, 0) is 25.0 Å². The Morgan fingerprint density at radius 1 is 1.48 bits per heavy atom. The second kappa shape index (κ2) is 8.62. The highest BCUT2D eigenvalue weighted by Crippen LogP contribution is 2.18. The average Bonchev–Trinajstić information content (AvgIpc) is 3.31. The maximum Gasteiger partial charge on any atom is 0.194 e. The molecule has 1 aromatic heterocycles. The highest BCUT2D eigenvalue weighted by molar-refractivity contribution is 5.80. The Balaban J connectivity index is 1.69. The molecule has 134 valence electrons. The number of hydrogen-bond acceptors (Lipinski definition) is 4. The third kappa shape index (κ3) is 4.57. The fourth-order valence-corrected chi connectivity index (χ4v) is 3.15. The zero-order chi connectivity index (χ0) is 17.5. The summed E-state index contributed by atoms with van der Waals surface area (Å²) >= 11 is 0. The third-order valence-electron chi connectivity index (χ3n) is 4.35. The number of rotatable bonds is 6. The molecule has 0 radical (unpaired) electrons. The topological polar surface area (TPSA) is 78.4 Å². The largest absolute Gasteiger partial charge is 0.384 e. The van der Waals surface area contributed by atoms with Crippen molar-refractivity contribution in [2.75, 3.05) is 33.4 Å². The van der Waals surface area contributed by atoms with Crippen molar-refractivity contribution in [1.82, 2.24) is 25.4 Å². The molecule has 1 atom stereocenters. The summed E-state index contributed by atoms with van der Waals surface area (Å²) in [7, 11) is 1.77. The highest BCUT2D eigenvalue weighted by atomic mass is 16.5. The van der Waals surface area contributed by atoms with E-state index in [0.29, 0.717) is 12.5 Å². The SMILES string of the molecule is CCNC(=NCc1cccc(-c2ncn[nH]2)c1)N1CCC(COC)C1. The number of aromatic amines is 1. The number of likely N-dealkylation sites (tertiary alicyclic amines) is 1. The number of nitrogens with zero attached hydrogens (tertiary/aromatic N) is 4. The Labute approximate surface area is 148 Å². The molecule has 1 saturated heterocycles. The normalized spacial score (nSPS) is 17.9. The maximum absolute atomic E-state index is 5.29. The van der Waals surface area contributed by atoms with Crippen molar-refractivity contribution < 1.29 is 4.74 Å². The van der Waals surface area contributed by atoms with Crippen molar-refractivity contribution in [3.8, 4) is 11.4 Å². The molecular formula is C18H26N6O. The summed E-state index contributed by atoms with van der Waals surface area (Å²) in [5, 5.41) is 10.2. The van der Waals surface area contributed by atoms with Crippen LogP contribution in [0.5, 0.6) is 0 Å². The summed E-state index contributed by atoms with van der Waals surface area (Å²) in [5.74, 6) is 2.34. The minimum atomic E-state index is 0.587. The first-order valence-corrected chi connectivity index (χ1v) is 8.77. The molecule has 2 heterocycles. The van der Waals surface area contributed by atoms with E-state index in [0.717, 1.165) is 55.6 Å². The fourth-order valence-electron chi connectivity index (χ4n) is 3.15. The molecule has 2 N–H and O–H groups in total. The van der Waals surface area contributed by atoms with Gasteiger partial charge in [-0.3, -0.25) is 5.10 Å². The van der Waals surface area contributed by atoms with Crippen LogP contribution in [0.15, 0.2) is 35.6 Å². The molecule has 1 fully saturated rings. The zero-order valence-electron chi connectivity index (χ0n) is 14.9. The van der Waals surface area contributed by atoms with E-state index in [1.54, 1.807) is 7.11 Å². The van der Waals surface area contributed by atoms with E-state index >= 15 is 0 Å². The number of ether oxygens (including phenoxy) is 1. The molecule has 3 rings (SSSR count). The lowest BCUT2D eigenvalue weighted by molar-refractivity contribution is 0.157. The van der Waals surface area contributed by atoms with Gasteiger partial charge in [0.05, 0.1) is 13.2 Å². The number of nitrogens with one attached hydrogen (secondary N) is 2. The van der Waals surface area contributed by atoms with E-state index in [-0.39, 0.29) is 0 Å². The van der Waals surface area contributed by atoms with Crippen LogP contribution < -0.4 is 5.32 Å². The third-order valence-corrected chi connectivity index (χ3v) is 4.35. The van der Waals surface area contributed by atoms with Gasteiger partial charge in [0.1, 0.15) is 6.33 Å². The molecule has 1 unspecified atom stereocenters. The summed E-state index contributed by atoms with van der Waals surface area (Å²) in [6.45, 7) is 6.44. The smallest absolute Gasteiger partial charge is 0.194 e. The first-order valence-electron chi connectivity index (χ1n) is 8.77. The van der Waals surface area contributed by atoms with Gasteiger partial charge in [-0.15, -0.1) is 0 Å². The molecule has 2 aromatic rings. The fraction of sp³-hybridized carbons (Fsp3) is 0.500. The van der Waals surface area contributed by atoms with Crippen LogP contribution in [-0.2, 0) is 11.3 Å². The van der Waals surface area contributed by atoms with Crippen molar-refractivity contribution in [1.29, 1.82) is 0 Å². The number of methoxy groups -OCH3 is 1. The monoisotopic (exact) mass is 342 g/mol. The van der Waals surface area contributed by atoms with Gasteiger partial charge >= 0.3 is 0 Å². The van der Waals surface area contributed by atoms with E-state index in [1.807, 2.05) is 12.1 Å². The Kier molecular flexibility index (Phi) is 6.00. The number of hydrogen-bond donors (Lipinski definition) is 2. The molecule has 0 bridgehead atoms. The van der Waals surface area contributed by atoms with Gasteiger partial charge in [0.2, 0.25) is 0 Å². The lowest BCUT2D eigenvalue weighted by atomic mass is 10.1. The maximum atomic E-state index is 5.29. The van der Waals surface area contributed by atoms with Crippen molar-refractivity contribution in [3.05, 3.63) is 36.2 Å². The second-order valence-electron chi connectivity index (χ2n) is 6.26. The molecular weight excluding hydrogens is 316 g/mol. The number of aromatic nitrogens is 3. The Morgan fingerprint density at radius 3 is 3.16 bits per heavy atom. The average molecular weight is 342 g/mol. The van der Waals surface area contributed by atoms with Crippen LogP contribution in [0.3, 0.4) is 0 Å². The first-order chi connectivity index (χ1) is 12.3. The van der Waals surface area contributed by atoms with Gasteiger partial charge in [-0.2, -0.15) is 5.10 Å². The lowest BCUT2D eigenvalue weighted by Gasteiger charge is -2.21. The molecule has 7 heteroatoms. The van der Waals surface area contributed by atoms with Gasteiger partial charge in [0, 0.05) is 38.2 Å². The zero-order valence-corrected chi connectivity index (χ0v) is 14.9. The van der Waals surface area contributed by atoms with Crippen LogP contribution >= 0.6 is 0 Å². The molecule has 0 amide bonds. The van der Waals surface area contributed by atoms with E-state index in [1.165, 1.54) is 6.33 Å². The first kappa shape index (κ1) is 17.4. The van der Waals surface area contributed by atoms with Crippen molar-refractivity contribution >= 4 is 5.96 Å². The summed E-state index contributed by atoms with van der Waals surface area (Å²) in [6, 6.07) is 8.24. The van der Waals surface area contributed by atoms with Crippen molar-refractivity contribution in [2.45, 2.75) is 19.9 Å². The Bertz CT molecular complexity index is 685. The minimum absolute atomic E-state index is 0.587. The van der Waals surface area contributed by atoms with Crippen molar-refractivity contribution in [3.63, 3.8) is 0 Å². The van der Waals surface area contributed by atoms with Gasteiger partial charge in [0.25, 0.3) is 0 Å². The summed E-state index contributed by atoms with van der Waals surface area (Å²) in [6.07, 6.45) is 2.67. The van der Waals surface area contributed by atoms with Crippen LogP contribution in [0.2, 0.25) is 0 Å². The van der Waals surface area contributed by atoms with Gasteiger partial charge in [-0.25, -0.2) is 9.98 Å². The quantitative estimate of drug-likeness (QED) is 0.619. The number of H-pyrrole nitrogens is 1. The van der Waals surface area contributed by atoms with E-state index in [4.69, 9.17) is 9.73 Å². The van der Waals surface area contributed by atoms with Gasteiger partial charge in [-0.1, -0.05) is 18.2 Å². The summed E-state index contributed by atoms with van der Waals surface area (Å²) in [4.78, 5) is 11.4. The molecule has 0 spiro atoms. The summed E-state index contributed by atoms with van der Waals surface area (Å²) < 4.78 is 5.29. The van der Waals surface area contributed by atoms with Crippen LogP contribution in [0, 0.1) is 5.92 Å². The predicted octanol–water partition coefficient (Wildman–Crippen LogP) is 1.91. The lowest BCUT2D eigenvalue weighted by Crippen LogP contribution is -2.40. The highest BCUT2D eigenvalue weighted by Gasteiger charge is 2.24. The second-order valence-corrected chi connectivity index (χ2v) is 6.26. The summed E-state index contributed by atoms with van der Waals surface area (Å²) in [5.41, 5.74) is 2.17. The predicted molar refractivity (Wildman–Crippen MR) is 98.2 cm³/mol. The Morgan fingerprint density at radius 2 is 2.40 bits per heavy atom. The van der Waals surface area contributed by atoms with Gasteiger partial charge in [0.15, 0.2) is 11.8 Å². The van der Waals surface area contributed by atoms with Crippen LogP contribution in [0.25, 0.3) is 11.4 Å². The van der Waals surface area contributed by atoms with Crippen LogP contribution in [-0.4, -0.2) is 59.4 Å². The molecule has 25 heavy (non-hydrogen) atoms. The molecule has 0 saturated carbocycles.